The second-order valence-corrected chi connectivity index (χ2v) is 11.1. The zero-order valence-electron chi connectivity index (χ0n) is 21.9. The Labute approximate surface area is 229 Å². The molecule has 0 atom stereocenters. The number of para-hydroxylation sites is 1. The number of benzene rings is 4. The summed E-state index contributed by atoms with van der Waals surface area (Å²) in [7, 11) is -4.05. The Bertz CT molecular complexity index is 1560. The Kier molecular flexibility index (Phi) is 8.78. The van der Waals surface area contributed by atoms with E-state index in [-0.39, 0.29) is 10.8 Å². The van der Waals surface area contributed by atoms with Crippen molar-refractivity contribution in [3.05, 3.63) is 125 Å². The Morgan fingerprint density at radius 1 is 0.795 bits per heavy atom. The van der Waals surface area contributed by atoms with Crippen LogP contribution in [0.3, 0.4) is 0 Å². The first-order valence-electron chi connectivity index (χ1n) is 12.6. The van der Waals surface area contributed by atoms with E-state index in [1.807, 2.05) is 56.3 Å². The van der Waals surface area contributed by atoms with Gasteiger partial charge in [0.15, 0.2) is 0 Å². The highest BCUT2D eigenvalue weighted by molar-refractivity contribution is 7.92. The van der Waals surface area contributed by atoms with Gasteiger partial charge in [0.05, 0.1) is 21.8 Å². The average Bonchev–Trinajstić information content (AvgIpc) is 2.93. The number of sulfonamides is 1. The van der Waals surface area contributed by atoms with Crippen LogP contribution in [0.1, 0.15) is 27.0 Å². The first-order chi connectivity index (χ1) is 18.8. The summed E-state index contributed by atoms with van der Waals surface area (Å²) in [5, 5.41) is 5.64. The SMILES string of the molecule is Cc1ccc(N(CC(=O)Nc2ccccc2C(=O)NCCc2ccccc2)S(=O)(=O)c2ccccc2)c(C)c1. The molecule has 39 heavy (non-hydrogen) atoms. The van der Waals surface area contributed by atoms with Crippen LogP contribution in [0.25, 0.3) is 0 Å². The molecule has 0 saturated heterocycles. The molecule has 0 radical (unpaired) electrons. The van der Waals surface area contributed by atoms with Gasteiger partial charge in [0.25, 0.3) is 15.9 Å². The van der Waals surface area contributed by atoms with Crippen molar-refractivity contribution in [1.29, 1.82) is 0 Å². The Balaban J connectivity index is 1.54. The van der Waals surface area contributed by atoms with E-state index >= 15 is 0 Å². The minimum atomic E-state index is -4.05. The van der Waals surface area contributed by atoms with Gasteiger partial charge in [-0.1, -0.05) is 78.4 Å². The van der Waals surface area contributed by atoms with Crippen molar-refractivity contribution >= 4 is 33.2 Å². The van der Waals surface area contributed by atoms with E-state index in [1.54, 1.807) is 48.5 Å². The van der Waals surface area contributed by atoms with Crippen molar-refractivity contribution in [2.75, 3.05) is 22.7 Å². The second kappa shape index (κ2) is 12.4. The summed E-state index contributed by atoms with van der Waals surface area (Å²) < 4.78 is 28.4. The van der Waals surface area contributed by atoms with Gasteiger partial charge in [-0.25, -0.2) is 8.42 Å². The van der Waals surface area contributed by atoms with Crippen molar-refractivity contribution in [3.8, 4) is 0 Å². The lowest BCUT2D eigenvalue weighted by Gasteiger charge is -2.26. The molecule has 0 bridgehead atoms. The van der Waals surface area contributed by atoms with Gasteiger partial charge in [0, 0.05) is 6.54 Å². The predicted molar refractivity (Wildman–Crippen MR) is 154 cm³/mol. The summed E-state index contributed by atoms with van der Waals surface area (Å²) in [6.07, 6.45) is 0.670. The molecule has 0 aliphatic rings. The fourth-order valence-electron chi connectivity index (χ4n) is 4.28. The normalized spacial score (nSPS) is 11.0. The molecule has 4 aromatic rings. The number of nitrogens with zero attached hydrogens (tertiary/aromatic N) is 1. The van der Waals surface area contributed by atoms with E-state index in [0.717, 1.165) is 21.0 Å². The second-order valence-electron chi connectivity index (χ2n) is 9.20. The predicted octanol–water partition coefficient (Wildman–Crippen LogP) is 5.11. The molecule has 0 heterocycles. The molecular formula is C31H31N3O4S. The van der Waals surface area contributed by atoms with Crippen LogP contribution in [0, 0.1) is 13.8 Å². The molecule has 0 fully saturated rings. The fraction of sp³-hybridized carbons (Fsp3) is 0.161. The summed E-state index contributed by atoms with van der Waals surface area (Å²) in [6.45, 7) is 3.69. The van der Waals surface area contributed by atoms with Crippen LogP contribution in [-0.2, 0) is 21.2 Å². The maximum Gasteiger partial charge on any atom is 0.264 e. The highest BCUT2D eigenvalue weighted by Gasteiger charge is 2.28. The summed E-state index contributed by atoms with van der Waals surface area (Å²) in [6, 6.07) is 29.9. The fourth-order valence-corrected chi connectivity index (χ4v) is 5.78. The molecule has 0 aromatic heterocycles. The van der Waals surface area contributed by atoms with Crippen molar-refractivity contribution in [2.24, 2.45) is 0 Å². The number of anilines is 2. The third-order valence-corrected chi connectivity index (χ3v) is 8.00. The molecule has 4 aromatic carbocycles. The average molecular weight is 542 g/mol. The molecule has 0 spiro atoms. The maximum absolute atomic E-state index is 13.7. The van der Waals surface area contributed by atoms with Crippen molar-refractivity contribution in [3.63, 3.8) is 0 Å². The molecule has 0 aliphatic heterocycles. The monoisotopic (exact) mass is 541 g/mol. The summed E-state index contributed by atoms with van der Waals surface area (Å²) in [5.74, 6) is -0.899. The third-order valence-electron chi connectivity index (χ3n) is 6.23. The van der Waals surface area contributed by atoms with Gasteiger partial charge in [0.2, 0.25) is 5.91 Å². The first-order valence-corrected chi connectivity index (χ1v) is 14.1. The Morgan fingerprint density at radius 3 is 2.13 bits per heavy atom. The summed E-state index contributed by atoms with van der Waals surface area (Å²) in [5.41, 5.74) is 3.81. The van der Waals surface area contributed by atoms with E-state index in [1.165, 1.54) is 12.1 Å². The lowest BCUT2D eigenvalue weighted by Crippen LogP contribution is -2.39. The molecular weight excluding hydrogens is 510 g/mol. The molecule has 4 rings (SSSR count). The van der Waals surface area contributed by atoms with Gasteiger partial charge in [-0.15, -0.1) is 0 Å². The van der Waals surface area contributed by atoms with Crippen LogP contribution in [0.15, 0.2) is 108 Å². The highest BCUT2D eigenvalue weighted by atomic mass is 32.2. The molecule has 2 amide bonds. The smallest absolute Gasteiger partial charge is 0.264 e. The van der Waals surface area contributed by atoms with Crippen LogP contribution >= 0.6 is 0 Å². The lowest BCUT2D eigenvalue weighted by atomic mass is 10.1. The topological polar surface area (TPSA) is 95.6 Å². The molecule has 8 heteroatoms. The lowest BCUT2D eigenvalue weighted by molar-refractivity contribution is -0.114. The van der Waals surface area contributed by atoms with E-state index in [4.69, 9.17) is 0 Å². The van der Waals surface area contributed by atoms with E-state index < -0.39 is 22.5 Å². The molecule has 0 aliphatic carbocycles. The number of aryl methyl sites for hydroxylation is 2. The molecule has 0 saturated carbocycles. The van der Waals surface area contributed by atoms with Crippen molar-refractivity contribution < 1.29 is 18.0 Å². The largest absolute Gasteiger partial charge is 0.352 e. The number of amides is 2. The first kappa shape index (κ1) is 27.6. The zero-order valence-corrected chi connectivity index (χ0v) is 22.7. The van der Waals surface area contributed by atoms with Crippen LogP contribution in [0.5, 0.6) is 0 Å². The van der Waals surface area contributed by atoms with Gasteiger partial charge in [-0.2, -0.15) is 0 Å². The van der Waals surface area contributed by atoms with Crippen molar-refractivity contribution in [1.82, 2.24) is 5.32 Å². The number of hydrogen-bond acceptors (Lipinski definition) is 4. The zero-order chi connectivity index (χ0) is 27.8. The minimum absolute atomic E-state index is 0.0796. The standard InChI is InChI=1S/C31H31N3O4S/c1-23-17-18-29(24(2)21-23)34(39(37,38)26-13-7-4-8-14-26)22-30(35)33-28-16-10-9-15-27(28)31(36)32-20-19-25-11-5-3-6-12-25/h3-18,21H,19-20,22H2,1-2H3,(H,32,36)(H,33,35). The van der Waals surface area contributed by atoms with Gasteiger partial charge in [-0.3, -0.25) is 13.9 Å². The van der Waals surface area contributed by atoms with Crippen LogP contribution < -0.4 is 14.9 Å². The molecule has 7 nitrogen and oxygen atoms in total. The van der Waals surface area contributed by atoms with Gasteiger partial charge < -0.3 is 10.6 Å². The quantitative estimate of drug-likeness (QED) is 0.292. The number of hydrogen-bond donors (Lipinski definition) is 2. The summed E-state index contributed by atoms with van der Waals surface area (Å²) in [4.78, 5) is 26.3. The van der Waals surface area contributed by atoms with Crippen molar-refractivity contribution in [2.45, 2.75) is 25.2 Å². The van der Waals surface area contributed by atoms with E-state index in [2.05, 4.69) is 10.6 Å². The van der Waals surface area contributed by atoms with Gasteiger partial charge >= 0.3 is 0 Å². The van der Waals surface area contributed by atoms with Crippen LogP contribution in [0.4, 0.5) is 11.4 Å². The third kappa shape index (κ3) is 6.91. The van der Waals surface area contributed by atoms with Gasteiger partial charge in [-0.05, 0) is 61.7 Å². The number of carbonyl (C=O) groups excluding carboxylic acids is 2. The summed E-state index contributed by atoms with van der Waals surface area (Å²) >= 11 is 0. The Morgan fingerprint density at radius 2 is 1.44 bits per heavy atom. The van der Waals surface area contributed by atoms with Crippen LogP contribution in [-0.4, -0.2) is 33.3 Å². The number of carbonyl (C=O) groups is 2. The molecule has 0 unspecified atom stereocenters. The highest BCUT2D eigenvalue weighted by Crippen LogP contribution is 2.28. The van der Waals surface area contributed by atoms with Crippen LogP contribution in [0.2, 0.25) is 0 Å². The molecule has 2 N–H and O–H groups in total. The number of nitrogens with one attached hydrogen (secondary N) is 2. The van der Waals surface area contributed by atoms with E-state index in [9.17, 15) is 18.0 Å². The molecule has 200 valence electrons. The maximum atomic E-state index is 13.7. The minimum Gasteiger partial charge on any atom is -0.352 e. The Hall–Kier alpha value is -4.43. The number of rotatable bonds is 10. The van der Waals surface area contributed by atoms with Gasteiger partial charge in [0.1, 0.15) is 6.54 Å². The van der Waals surface area contributed by atoms with E-state index in [0.29, 0.717) is 29.9 Å².